The van der Waals surface area contributed by atoms with Crippen molar-refractivity contribution < 1.29 is 13.2 Å². The number of benzene rings is 2. The maximum atomic E-state index is 12.8. The highest BCUT2D eigenvalue weighted by molar-refractivity contribution is 7.92. The number of anilines is 1. The zero-order valence-corrected chi connectivity index (χ0v) is 17.0. The lowest BCUT2D eigenvalue weighted by molar-refractivity contribution is 0.0939. The molecule has 2 rings (SSSR count). The van der Waals surface area contributed by atoms with E-state index in [4.69, 9.17) is 23.2 Å². The molecule has 0 saturated carbocycles. The molecule has 0 fully saturated rings. The van der Waals surface area contributed by atoms with Crippen LogP contribution in [0.4, 0.5) is 5.69 Å². The second kappa shape index (κ2) is 8.29. The van der Waals surface area contributed by atoms with Gasteiger partial charge in [0.25, 0.3) is 15.9 Å². The fourth-order valence-corrected chi connectivity index (χ4v) is 3.71. The number of carbonyl (C=O) groups excluding carboxylic acids is 1. The van der Waals surface area contributed by atoms with E-state index < -0.39 is 10.0 Å². The molecule has 0 radical (unpaired) electrons. The average Bonchev–Trinajstić information content (AvgIpc) is 2.61. The van der Waals surface area contributed by atoms with Gasteiger partial charge in [-0.05, 0) is 55.8 Å². The van der Waals surface area contributed by atoms with Crippen LogP contribution in [0.15, 0.2) is 47.4 Å². The highest BCUT2D eigenvalue weighted by Gasteiger charge is 2.23. The summed E-state index contributed by atoms with van der Waals surface area (Å²) in [5, 5.41) is 3.53. The van der Waals surface area contributed by atoms with Crippen LogP contribution >= 0.6 is 23.2 Å². The van der Waals surface area contributed by atoms with Crippen molar-refractivity contribution in [1.82, 2.24) is 5.32 Å². The van der Waals surface area contributed by atoms with E-state index in [1.807, 2.05) is 13.8 Å². The number of amides is 1. The zero-order valence-electron chi connectivity index (χ0n) is 14.7. The van der Waals surface area contributed by atoms with E-state index in [1.54, 1.807) is 6.07 Å². The van der Waals surface area contributed by atoms with E-state index in [9.17, 15) is 13.2 Å². The SMILES string of the molecule is CC[C@@H](C)NC(=O)c1cc(N(C)S(=O)(=O)c2ccc(Cl)cc2)ccc1Cl. The Morgan fingerprint density at radius 3 is 2.35 bits per heavy atom. The first-order chi connectivity index (χ1) is 12.2. The first-order valence-corrected chi connectivity index (χ1v) is 10.2. The highest BCUT2D eigenvalue weighted by Crippen LogP contribution is 2.27. The Hall–Kier alpha value is -1.76. The third kappa shape index (κ3) is 4.50. The molecular formula is C18H20Cl2N2O3S. The summed E-state index contributed by atoms with van der Waals surface area (Å²) in [5.41, 5.74) is 0.557. The third-order valence-electron chi connectivity index (χ3n) is 4.02. The van der Waals surface area contributed by atoms with Gasteiger partial charge in [-0.2, -0.15) is 0 Å². The Balaban J connectivity index is 2.37. The number of sulfonamides is 1. The molecule has 0 saturated heterocycles. The molecule has 0 heterocycles. The largest absolute Gasteiger partial charge is 0.350 e. The number of halogens is 2. The Kier molecular flexibility index (Phi) is 6.55. The van der Waals surface area contributed by atoms with E-state index in [0.717, 1.165) is 10.7 Å². The molecule has 1 atom stereocenters. The van der Waals surface area contributed by atoms with Crippen LogP contribution in [0.5, 0.6) is 0 Å². The van der Waals surface area contributed by atoms with Crippen molar-refractivity contribution in [3.63, 3.8) is 0 Å². The zero-order chi connectivity index (χ0) is 19.5. The van der Waals surface area contributed by atoms with Gasteiger partial charge in [-0.15, -0.1) is 0 Å². The number of carbonyl (C=O) groups is 1. The van der Waals surface area contributed by atoms with Gasteiger partial charge >= 0.3 is 0 Å². The monoisotopic (exact) mass is 414 g/mol. The second-order valence-electron chi connectivity index (χ2n) is 5.87. The van der Waals surface area contributed by atoms with Crippen LogP contribution < -0.4 is 9.62 Å². The normalized spacial score (nSPS) is 12.5. The van der Waals surface area contributed by atoms with Crippen LogP contribution in [0, 0.1) is 0 Å². The molecule has 2 aromatic carbocycles. The average molecular weight is 415 g/mol. The van der Waals surface area contributed by atoms with Crippen molar-refractivity contribution in [2.24, 2.45) is 0 Å². The van der Waals surface area contributed by atoms with Crippen molar-refractivity contribution in [3.8, 4) is 0 Å². The summed E-state index contributed by atoms with van der Waals surface area (Å²) in [6.45, 7) is 3.84. The Bertz CT molecular complexity index is 899. The highest BCUT2D eigenvalue weighted by atomic mass is 35.5. The summed E-state index contributed by atoms with van der Waals surface area (Å²) in [5.74, 6) is -0.344. The molecule has 0 bridgehead atoms. The summed E-state index contributed by atoms with van der Waals surface area (Å²) in [6, 6.07) is 10.4. The molecule has 0 aliphatic heterocycles. The minimum absolute atomic E-state index is 0.0160. The molecule has 5 nitrogen and oxygen atoms in total. The summed E-state index contributed by atoms with van der Waals surface area (Å²) in [7, 11) is -2.37. The molecular weight excluding hydrogens is 395 g/mol. The maximum absolute atomic E-state index is 12.8. The second-order valence-corrected chi connectivity index (χ2v) is 8.69. The van der Waals surface area contributed by atoms with E-state index >= 15 is 0 Å². The molecule has 1 N–H and O–H groups in total. The van der Waals surface area contributed by atoms with Crippen molar-refractivity contribution in [3.05, 3.63) is 58.1 Å². The van der Waals surface area contributed by atoms with Crippen molar-refractivity contribution >= 4 is 44.8 Å². The molecule has 140 valence electrons. The number of hydrogen-bond acceptors (Lipinski definition) is 3. The minimum Gasteiger partial charge on any atom is -0.350 e. The topological polar surface area (TPSA) is 66.5 Å². The van der Waals surface area contributed by atoms with Crippen LogP contribution in [-0.4, -0.2) is 27.4 Å². The standard InChI is InChI=1S/C18H20Cl2N2O3S/c1-4-12(2)21-18(23)16-11-14(7-10-17(16)20)22(3)26(24,25)15-8-5-13(19)6-9-15/h5-12H,4H2,1-3H3,(H,21,23)/t12-/m1/s1. The Labute approximate surface area is 164 Å². The predicted octanol–water partition coefficient (Wildman–Crippen LogP) is 4.35. The fourth-order valence-electron chi connectivity index (χ4n) is 2.19. The lowest BCUT2D eigenvalue weighted by atomic mass is 10.1. The van der Waals surface area contributed by atoms with Crippen molar-refractivity contribution in [1.29, 1.82) is 0 Å². The Morgan fingerprint density at radius 2 is 1.77 bits per heavy atom. The number of rotatable bonds is 6. The summed E-state index contributed by atoms with van der Waals surface area (Å²) < 4.78 is 26.7. The van der Waals surface area contributed by atoms with Crippen LogP contribution in [0.1, 0.15) is 30.6 Å². The van der Waals surface area contributed by atoms with E-state index in [0.29, 0.717) is 10.7 Å². The molecule has 8 heteroatoms. The smallest absolute Gasteiger partial charge is 0.264 e. The lowest BCUT2D eigenvalue weighted by Gasteiger charge is -2.21. The van der Waals surface area contributed by atoms with E-state index in [1.165, 1.54) is 43.4 Å². The van der Waals surface area contributed by atoms with Crippen LogP contribution in [-0.2, 0) is 10.0 Å². The molecule has 1 amide bonds. The lowest BCUT2D eigenvalue weighted by Crippen LogP contribution is -2.32. The molecule has 2 aromatic rings. The van der Waals surface area contributed by atoms with Gasteiger partial charge in [0.05, 0.1) is 21.2 Å². The maximum Gasteiger partial charge on any atom is 0.264 e. The first kappa shape index (κ1) is 20.6. The molecule has 26 heavy (non-hydrogen) atoms. The summed E-state index contributed by atoms with van der Waals surface area (Å²) >= 11 is 11.9. The number of nitrogens with one attached hydrogen (secondary N) is 1. The molecule has 0 aromatic heterocycles. The van der Waals surface area contributed by atoms with Gasteiger partial charge in [-0.25, -0.2) is 8.42 Å². The van der Waals surface area contributed by atoms with Gasteiger partial charge in [-0.3, -0.25) is 9.10 Å². The van der Waals surface area contributed by atoms with Gasteiger partial charge in [0.15, 0.2) is 0 Å². The molecule has 0 unspecified atom stereocenters. The summed E-state index contributed by atoms with van der Waals surface area (Å²) in [4.78, 5) is 12.5. The summed E-state index contributed by atoms with van der Waals surface area (Å²) in [6.07, 6.45) is 0.772. The predicted molar refractivity (Wildman–Crippen MR) is 106 cm³/mol. The quantitative estimate of drug-likeness (QED) is 0.763. The van der Waals surface area contributed by atoms with Crippen molar-refractivity contribution in [2.75, 3.05) is 11.4 Å². The molecule has 0 aliphatic carbocycles. The van der Waals surface area contributed by atoms with Gasteiger partial charge in [0.1, 0.15) is 0 Å². The molecule has 0 aliphatic rings. The fraction of sp³-hybridized carbons (Fsp3) is 0.278. The van der Waals surface area contributed by atoms with Gasteiger partial charge in [0.2, 0.25) is 0 Å². The van der Waals surface area contributed by atoms with E-state index in [2.05, 4.69) is 5.32 Å². The van der Waals surface area contributed by atoms with Crippen LogP contribution in [0.2, 0.25) is 10.0 Å². The number of nitrogens with zero attached hydrogens (tertiary/aromatic N) is 1. The van der Waals surface area contributed by atoms with Crippen LogP contribution in [0.25, 0.3) is 0 Å². The Morgan fingerprint density at radius 1 is 1.15 bits per heavy atom. The van der Waals surface area contributed by atoms with Gasteiger partial charge < -0.3 is 5.32 Å². The van der Waals surface area contributed by atoms with Gasteiger partial charge in [0, 0.05) is 18.1 Å². The third-order valence-corrected chi connectivity index (χ3v) is 6.40. The van der Waals surface area contributed by atoms with Gasteiger partial charge in [-0.1, -0.05) is 30.1 Å². The van der Waals surface area contributed by atoms with E-state index in [-0.39, 0.29) is 27.4 Å². The van der Waals surface area contributed by atoms with Crippen LogP contribution in [0.3, 0.4) is 0 Å². The molecule has 0 spiro atoms. The van der Waals surface area contributed by atoms with Crippen molar-refractivity contribution in [2.45, 2.75) is 31.2 Å². The number of hydrogen-bond donors (Lipinski definition) is 1. The minimum atomic E-state index is -3.79. The first-order valence-electron chi connectivity index (χ1n) is 8.01.